The Labute approximate surface area is 191 Å². The van der Waals surface area contributed by atoms with Crippen LogP contribution in [0.25, 0.3) is 16.6 Å². The molecule has 0 spiro atoms. The summed E-state index contributed by atoms with van der Waals surface area (Å²) in [4.78, 5) is 21.8. The van der Waals surface area contributed by atoms with E-state index in [0.29, 0.717) is 22.8 Å². The molecule has 2 aromatic heterocycles. The van der Waals surface area contributed by atoms with Crippen molar-refractivity contribution in [2.75, 3.05) is 37.3 Å². The van der Waals surface area contributed by atoms with Gasteiger partial charge in [0, 0.05) is 50.5 Å². The van der Waals surface area contributed by atoms with Gasteiger partial charge in [0.05, 0.1) is 34.2 Å². The molecule has 1 aliphatic rings. The molecule has 3 aromatic rings. The van der Waals surface area contributed by atoms with E-state index < -0.39 is 21.9 Å². The Balaban J connectivity index is 1.61. The van der Waals surface area contributed by atoms with E-state index in [4.69, 9.17) is 21.7 Å². The van der Waals surface area contributed by atoms with Crippen LogP contribution in [0.3, 0.4) is 0 Å². The number of carboxylic acids is 1. The fourth-order valence-corrected chi connectivity index (χ4v) is 5.58. The van der Waals surface area contributed by atoms with Gasteiger partial charge in [0.1, 0.15) is 5.82 Å². The predicted molar refractivity (Wildman–Crippen MR) is 123 cm³/mol. The summed E-state index contributed by atoms with van der Waals surface area (Å²) in [7, 11) is -1.81. The average molecular weight is 478 g/mol. The van der Waals surface area contributed by atoms with Gasteiger partial charge in [-0.2, -0.15) is 0 Å². The Morgan fingerprint density at radius 2 is 2.16 bits per heavy atom. The fraction of sp³-hybridized carbons (Fsp3) is 0.381. The van der Waals surface area contributed by atoms with Crippen molar-refractivity contribution in [2.24, 2.45) is 5.92 Å². The molecule has 11 heteroatoms. The molecule has 4 rings (SSSR count). The molecule has 0 radical (unpaired) electrons. The van der Waals surface area contributed by atoms with Crippen LogP contribution in [0.4, 0.5) is 5.82 Å². The normalized spacial score (nSPS) is 17.2. The Morgan fingerprint density at radius 3 is 2.81 bits per heavy atom. The van der Waals surface area contributed by atoms with Crippen LogP contribution in [-0.4, -0.2) is 70.8 Å². The molecule has 3 heterocycles. The number of aliphatic carboxylic acids is 1. The van der Waals surface area contributed by atoms with E-state index in [1.807, 2.05) is 35.9 Å². The second kappa shape index (κ2) is 8.68. The summed E-state index contributed by atoms with van der Waals surface area (Å²) in [5.41, 5.74) is 2.36. The highest BCUT2D eigenvalue weighted by Crippen LogP contribution is 2.32. The average Bonchev–Trinajstić information content (AvgIpc) is 3.47. The summed E-state index contributed by atoms with van der Waals surface area (Å²) in [5, 5.41) is 10.5. The lowest BCUT2D eigenvalue weighted by Gasteiger charge is -2.22. The van der Waals surface area contributed by atoms with Gasteiger partial charge in [0.2, 0.25) is 10.0 Å². The maximum Gasteiger partial charge on any atom is 0.307 e. The van der Waals surface area contributed by atoms with Crippen molar-refractivity contribution in [3.63, 3.8) is 0 Å². The van der Waals surface area contributed by atoms with Gasteiger partial charge in [-0.15, -0.1) is 0 Å². The van der Waals surface area contributed by atoms with Crippen LogP contribution in [0.5, 0.6) is 0 Å². The summed E-state index contributed by atoms with van der Waals surface area (Å²) < 4.78 is 28.6. The number of halogens is 1. The van der Waals surface area contributed by atoms with Crippen LogP contribution < -0.4 is 4.90 Å². The van der Waals surface area contributed by atoms with Crippen LogP contribution in [0.15, 0.2) is 36.9 Å². The van der Waals surface area contributed by atoms with Gasteiger partial charge < -0.3 is 14.6 Å². The number of carbonyl (C=O) groups is 1. The van der Waals surface area contributed by atoms with Crippen molar-refractivity contribution in [1.29, 1.82) is 0 Å². The molecule has 1 atom stereocenters. The summed E-state index contributed by atoms with van der Waals surface area (Å²) in [6.07, 6.45) is 5.52. The number of hydrogen-bond donors (Lipinski definition) is 1. The molecule has 0 bridgehead atoms. The van der Waals surface area contributed by atoms with E-state index in [1.165, 1.54) is 4.31 Å². The molecule has 1 unspecified atom stereocenters. The number of rotatable bonds is 7. The number of aryl methyl sites for hydroxylation is 1. The third-order valence-corrected chi connectivity index (χ3v) is 8.12. The summed E-state index contributed by atoms with van der Waals surface area (Å²) in [5.74, 6) is -1.17. The quantitative estimate of drug-likeness (QED) is 0.557. The van der Waals surface area contributed by atoms with Gasteiger partial charge >= 0.3 is 5.97 Å². The number of carboxylic acid groups (broad SMARTS) is 1. The van der Waals surface area contributed by atoms with Crippen LogP contribution in [0.2, 0.25) is 5.02 Å². The fourth-order valence-electron chi connectivity index (χ4n) is 3.82. The third kappa shape index (κ3) is 4.30. The Kier molecular flexibility index (Phi) is 6.11. The number of imidazole rings is 1. The number of pyridine rings is 1. The summed E-state index contributed by atoms with van der Waals surface area (Å²) in [6, 6.07) is 5.77. The molecule has 9 nitrogen and oxygen atoms in total. The van der Waals surface area contributed by atoms with Crippen molar-refractivity contribution in [2.45, 2.75) is 13.3 Å². The largest absolute Gasteiger partial charge is 0.481 e. The van der Waals surface area contributed by atoms with Crippen molar-refractivity contribution in [3.8, 4) is 5.69 Å². The van der Waals surface area contributed by atoms with E-state index in [9.17, 15) is 13.2 Å². The monoisotopic (exact) mass is 477 g/mol. The highest BCUT2D eigenvalue weighted by molar-refractivity contribution is 7.89. The maximum absolute atomic E-state index is 12.8. The first-order chi connectivity index (χ1) is 15.2. The van der Waals surface area contributed by atoms with Crippen LogP contribution in [0, 0.1) is 12.8 Å². The number of aromatic nitrogens is 3. The molecule has 1 aromatic carbocycles. The Bertz CT molecular complexity index is 1260. The lowest BCUT2D eigenvalue weighted by molar-refractivity contribution is -0.141. The van der Waals surface area contributed by atoms with Crippen molar-refractivity contribution in [1.82, 2.24) is 18.8 Å². The molecule has 0 amide bonds. The summed E-state index contributed by atoms with van der Waals surface area (Å²) >= 11 is 6.55. The lowest BCUT2D eigenvalue weighted by atomic mass is 10.1. The zero-order valence-electron chi connectivity index (χ0n) is 17.8. The smallest absolute Gasteiger partial charge is 0.307 e. The number of benzene rings is 1. The number of hydrogen-bond acceptors (Lipinski definition) is 6. The molecule has 0 aliphatic carbocycles. The van der Waals surface area contributed by atoms with Crippen molar-refractivity contribution in [3.05, 3.63) is 47.5 Å². The third-order valence-electron chi connectivity index (χ3n) is 5.83. The number of nitrogens with zero attached hydrogens (tertiary/aromatic N) is 5. The van der Waals surface area contributed by atoms with Crippen molar-refractivity contribution >= 4 is 44.3 Å². The SMILES string of the molecule is Cc1ccc2c(-n3ccnc3)cc(N(C)CCS(=O)(=O)N3CCC(C(=O)O)C3)nc2c1Cl. The molecule has 0 saturated carbocycles. The van der Waals surface area contributed by atoms with Crippen molar-refractivity contribution < 1.29 is 18.3 Å². The minimum Gasteiger partial charge on any atom is -0.481 e. The van der Waals surface area contributed by atoms with E-state index in [1.54, 1.807) is 24.5 Å². The minimum atomic E-state index is -3.58. The zero-order chi connectivity index (χ0) is 23.0. The van der Waals surface area contributed by atoms with Gasteiger partial charge in [0.25, 0.3) is 0 Å². The van der Waals surface area contributed by atoms with Crippen LogP contribution >= 0.6 is 11.6 Å². The summed E-state index contributed by atoms with van der Waals surface area (Å²) in [6.45, 7) is 2.36. The number of sulfonamides is 1. The minimum absolute atomic E-state index is 0.0231. The van der Waals surface area contributed by atoms with E-state index in [-0.39, 0.29) is 25.4 Å². The molecular weight excluding hydrogens is 454 g/mol. The first kappa shape index (κ1) is 22.5. The molecule has 170 valence electrons. The number of fused-ring (bicyclic) bond motifs is 1. The van der Waals surface area contributed by atoms with E-state index >= 15 is 0 Å². The highest BCUT2D eigenvalue weighted by Gasteiger charge is 2.34. The topological polar surface area (TPSA) is 109 Å². The standard InChI is InChI=1S/C21H24ClN5O4S/c1-14-3-4-16-17(26-8-6-23-13-26)11-18(24-20(16)19(14)22)25(2)9-10-32(30,31)27-7-5-15(12-27)21(28)29/h3-4,6,8,11,13,15H,5,7,9-10,12H2,1-2H3,(H,28,29). The molecule has 1 fully saturated rings. The molecule has 32 heavy (non-hydrogen) atoms. The van der Waals surface area contributed by atoms with Gasteiger partial charge in [-0.25, -0.2) is 22.7 Å². The second-order valence-electron chi connectivity index (χ2n) is 7.98. The van der Waals surface area contributed by atoms with E-state index in [2.05, 4.69) is 4.98 Å². The van der Waals surface area contributed by atoms with Crippen LogP contribution in [-0.2, 0) is 14.8 Å². The van der Waals surface area contributed by atoms with Gasteiger partial charge in [-0.1, -0.05) is 23.7 Å². The Hall–Kier alpha value is -2.69. The zero-order valence-corrected chi connectivity index (χ0v) is 19.3. The van der Waals surface area contributed by atoms with Gasteiger partial charge in [0.15, 0.2) is 0 Å². The van der Waals surface area contributed by atoms with Crippen LogP contribution in [0.1, 0.15) is 12.0 Å². The van der Waals surface area contributed by atoms with Gasteiger partial charge in [-0.3, -0.25) is 4.79 Å². The first-order valence-electron chi connectivity index (χ1n) is 10.2. The van der Waals surface area contributed by atoms with Gasteiger partial charge in [-0.05, 0) is 18.9 Å². The Morgan fingerprint density at radius 1 is 1.38 bits per heavy atom. The predicted octanol–water partition coefficient (Wildman–Crippen LogP) is 2.55. The maximum atomic E-state index is 12.8. The molecule has 1 N–H and O–H groups in total. The number of anilines is 1. The lowest BCUT2D eigenvalue weighted by Crippen LogP contribution is -2.36. The second-order valence-corrected chi connectivity index (χ2v) is 10.4. The molecular formula is C21H24ClN5O4S. The molecule has 1 aliphatic heterocycles. The molecule has 1 saturated heterocycles. The van der Waals surface area contributed by atoms with E-state index in [0.717, 1.165) is 16.6 Å². The first-order valence-corrected chi connectivity index (χ1v) is 12.2. The highest BCUT2D eigenvalue weighted by atomic mass is 35.5.